The summed E-state index contributed by atoms with van der Waals surface area (Å²) < 4.78 is 6.92. The van der Waals surface area contributed by atoms with Crippen LogP contribution in [0.2, 0.25) is 0 Å². The van der Waals surface area contributed by atoms with Crippen molar-refractivity contribution in [3.05, 3.63) is 71.5 Å². The Hall–Kier alpha value is -4.14. The van der Waals surface area contributed by atoms with E-state index in [4.69, 9.17) is 4.74 Å². The Morgan fingerprint density at radius 3 is 2.26 bits per heavy atom. The first-order chi connectivity index (χ1) is 16.8. The van der Waals surface area contributed by atoms with Crippen LogP contribution in [0.5, 0.6) is 0 Å². The third-order valence-corrected chi connectivity index (χ3v) is 6.39. The van der Waals surface area contributed by atoms with Crippen molar-refractivity contribution in [2.75, 3.05) is 11.9 Å². The predicted octanol–water partition coefficient (Wildman–Crippen LogP) is 4.01. The van der Waals surface area contributed by atoms with Gasteiger partial charge < -0.3 is 15.2 Å². The number of nitrogens with one attached hydrogen (secondary N) is 2. The van der Waals surface area contributed by atoms with Gasteiger partial charge in [0.25, 0.3) is 5.91 Å². The van der Waals surface area contributed by atoms with Gasteiger partial charge in [-0.1, -0.05) is 68.8 Å². The highest BCUT2D eigenvalue weighted by Crippen LogP contribution is 2.44. The van der Waals surface area contributed by atoms with E-state index in [1.807, 2.05) is 43.3 Å². The summed E-state index contributed by atoms with van der Waals surface area (Å²) in [7, 11) is 1.60. The van der Waals surface area contributed by atoms with Gasteiger partial charge in [0, 0.05) is 19.2 Å². The van der Waals surface area contributed by atoms with Crippen molar-refractivity contribution in [1.29, 1.82) is 0 Å². The second kappa shape index (κ2) is 10.0. The second-order valence-corrected chi connectivity index (χ2v) is 8.69. The van der Waals surface area contributed by atoms with Crippen molar-refractivity contribution < 1.29 is 24.2 Å². The van der Waals surface area contributed by atoms with Crippen molar-refractivity contribution in [1.82, 2.24) is 15.1 Å². The summed E-state index contributed by atoms with van der Waals surface area (Å²) in [5.74, 6) is -2.20. The molecule has 1 aromatic heterocycles. The molecule has 1 unspecified atom stereocenters. The summed E-state index contributed by atoms with van der Waals surface area (Å²) in [5, 5.41) is 18.7. The molecule has 0 saturated carbocycles. The highest BCUT2D eigenvalue weighted by Gasteiger charge is 2.30. The van der Waals surface area contributed by atoms with Crippen LogP contribution in [-0.4, -0.2) is 45.5 Å². The number of ether oxygens (including phenoxy) is 1. The number of aliphatic carboxylic acids is 1. The van der Waals surface area contributed by atoms with E-state index in [2.05, 4.69) is 27.9 Å². The number of carboxylic acid groups (broad SMARTS) is 1. The van der Waals surface area contributed by atoms with Gasteiger partial charge in [0.1, 0.15) is 12.6 Å². The van der Waals surface area contributed by atoms with Crippen LogP contribution >= 0.6 is 0 Å². The van der Waals surface area contributed by atoms with Crippen molar-refractivity contribution in [2.24, 2.45) is 13.0 Å². The van der Waals surface area contributed by atoms with Gasteiger partial charge in [0.2, 0.25) is 0 Å². The molecular weight excluding hydrogens is 448 g/mol. The molecule has 3 aromatic rings. The Bertz CT molecular complexity index is 1220. The van der Waals surface area contributed by atoms with Gasteiger partial charge in [-0.25, -0.2) is 9.59 Å². The van der Waals surface area contributed by atoms with Crippen molar-refractivity contribution in [3.63, 3.8) is 0 Å². The number of anilines is 1. The lowest BCUT2D eigenvalue weighted by Gasteiger charge is -2.19. The molecule has 0 spiro atoms. The Morgan fingerprint density at radius 1 is 1.09 bits per heavy atom. The van der Waals surface area contributed by atoms with Crippen molar-refractivity contribution in [2.45, 2.75) is 32.2 Å². The minimum atomic E-state index is -1.13. The van der Waals surface area contributed by atoms with Gasteiger partial charge >= 0.3 is 12.1 Å². The van der Waals surface area contributed by atoms with Crippen LogP contribution in [-0.2, 0) is 16.6 Å². The highest BCUT2D eigenvalue weighted by atomic mass is 16.5. The zero-order valence-electron chi connectivity index (χ0n) is 19.8. The van der Waals surface area contributed by atoms with Crippen LogP contribution in [0.25, 0.3) is 11.1 Å². The average Bonchev–Trinajstić information content (AvgIpc) is 3.37. The average molecular weight is 477 g/mol. The largest absolute Gasteiger partial charge is 0.480 e. The molecule has 0 aliphatic heterocycles. The second-order valence-electron chi connectivity index (χ2n) is 8.69. The molecule has 4 rings (SSSR count). The summed E-state index contributed by atoms with van der Waals surface area (Å²) in [6, 6.07) is 15.0. The quantitative estimate of drug-likeness (QED) is 0.452. The number of aromatic nitrogens is 2. The molecule has 2 atom stereocenters. The SMILES string of the molecule is CCC(C)[C@H](NC(=O)c1nn(C)cc1NC(=O)OCC1c2ccccc2-c2ccccc21)C(=O)O. The minimum Gasteiger partial charge on any atom is -0.480 e. The van der Waals surface area contributed by atoms with Gasteiger partial charge in [0.05, 0.1) is 5.69 Å². The van der Waals surface area contributed by atoms with Crippen LogP contribution in [0.1, 0.15) is 47.8 Å². The standard InChI is InChI=1S/C26H28N4O5/c1-4-15(2)22(25(32)33)28-24(31)23-21(13-30(3)29-23)27-26(34)35-14-20-18-11-7-5-9-16(18)17-10-6-8-12-19(17)20/h5-13,15,20,22H,4,14H2,1-3H3,(H,27,34)(H,28,31)(H,32,33)/t15?,22-/m0/s1. The lowest BCUT2D eigenvalue weighted by atomic mass is 9.98. The van der Waals surface area contributed by atoms with Crippen LogP contribution < -0.4 is 10.6 Å². The monoisotopic (exact) mass is 476 g/mol. The molecule has 1 aliphatic carbocycles. The Labute approximate surface area is 203 Å². The molecule has 182 valence electrons. The van der Waals surface area contributed by atoms with Crippen LogP contribution in [0.4, 0.5) is 10.5 Å². The van der Waals surface area contributed by atoms with Crippen molar-refractivity contribution >= 4 is 23.7 Å². The van der Waals surface area contributed by atoms with E-state index in [9.17, 15) is 19.5 Å². The van der Waals surface area contributed by atoms with E-state index < -0.39 is 24.0 Å². The first-order valence-electron chi connectivity index (χ1n) is 11.5. The van der Waals surface area contributed by atoms with Gasteiger partial charge in [-0.05, 0) is 28.2 Å². The molecule has 2 amide bonds. The molecule has 35 heavy (non-hydrogen) atoms. The number of carbonyl (C=O) groups excluding carboxylic acids is 2. The molecule has 0 saturated heterocycles. The molecule has 2 aromatic carbocycles. The molecular formula is C26H28N4O5. The van der Waals surface area contributed by atoms with Crippen LogP contribution in [0, 0.1) is 5.92 Å². The Balaban J connectivity index is 1.45. The lowest BCUT2D eigenvalue weighted by molar-refractivity contribution is -0.140. The summed E-state index contributed by atoms with van der Waals surface area (Å²) in [5.41, 5.74) is 4.47. The number of rotatable bonds is 8. The van der Waals surface area contributed by atoms with Gasteiger partial charge in [-0.15, -0.1) is 0 Å². The van der Waals surface area contributed by atoms with E-state index in [0.29, 0.717) is 6.42 Å². The number of carboxylic acids is 1. The maximum atomic E-state index is 12.8. The first-order valence-corrected chi connectivity index (χ1v) is 11.5. The van der Waals surface area contributed by atoms with Gasteiger partial charge in [0.15, 0.2) is 5.69 Å². The maximum Gasteiger partial charge on any atom is 0.411 e. The zero-order chi connectivity index (χ0) is 25.1. The molecule has 9 heteroatoms. The number of carbonyl (C=O) groups is 3. The molecule has 9 nitrogen and oxygen atoms in total. The topological polar surface area (TPSA) is 123 Å². The Morgan fingerprint density at radius 2 is 1.69 bits per heavy atom. The summed E-state index contributed by atoms with van der Waals surface area (Å²) >= 11 is 0. The number of fused-ring (bicyclic) bond motifs is 3. The minimum absolute atomic E-state index is 0.0874. The van der Waals surface area contributed by atoms with E-state index in [1.54, 1.807) is 14.0 Å². The fourth-order valence-electron chi connectivity index (χ4n) is 4.38. The summed E-state index contributed by atoms with van der Waals surface area (Å²) in [6.45, 7) is 3.71. The van der Waals surface area contributed by atoms with Gasteiger partial charge in [-0.2, -0.15) is 5.10 Å². The third kappa shape index (κ3) is 4.89. The molecule has 1 aliphatic rings. The van der Waals surface area contributed by atoms with Gasteiger partial charge in [-0.3, -0.25) is 14.8 Å². The number of hydrogen-bond acceptors (Lipinski definition) is 5. The third-order valence-electron chi connectivity index (χ3n) is 6.39. The maximum absolute atomic E-state index is 12.8. The smallest absolute Gasteiger partial charge is 0.411 e. The van der Waals surface area contributed by atoms with E-state index in [1.165, 1.54) is 10.9 Å². The number of hydrogen-bond donors (Lipinski definition) is 3. The van der Waals surface area contributed by atoms with Crippen LogP contribution in [0.15, 0.2) is 54.7 Å². The molecule has 0 bridgehead atoms. The number of benzene rings is 2. The number of aryl methyl sites for hydroxylation is 1. The highest BCUT2D eigenvalue weighted by molar-refractivity contribution is 6.02. The number of amides is 2. The summed E-state index contributed by atoms with van der Waals surface area (Å²) in [6.07, 6.45) is 1.31. The molecule has 0 radical (unpaired) electrons. The molecule has 1 heterocycles. The normalized spacial score (nSPS) is 13.9. The Kier molecular flexibility index (Phi) is 6.86. The fraction of sp³-hybridized carbons (Fsp3) is 0.308. The van der Waals surface area contributed by atoms with E-state index >= 15 is 0 Å². The summed E-state index contributed by atoms with van der Waals surface area (Å²) in [4.78, 5) is 37.1. The van der Waals surface area contributed by atoms with Crippen molar-refractivity contribution in [3.8, 4) is 11.1 Å². The molecule has 3 N–H and O–H groups in total. The predicted molar refractivity (Wildman–Crippen MR) is 130 cm³/mol. The lowest BCUT2D eigenvalue weighted by Crippen LogP contribution is -2.45. The van der Waals surface area contributed by atoms with E-state index in [0.717, 1.165) is 22.3 Å². The number of nitrogens with zero attached hydrogens (tertiary/aromatic N) is 2. The zero-order valence-corrected chi connectivity index (χ0v) is 19.8. The first kappa shape index (κ1) is 24.0. The molecule has 0 fully saturated rings. The van der Waals surface area contributed by atoms with E-state index in [-0.39, 0.29) is 29.8 Å². The van der Waals surface area contributed by atoms with Crippen LogP contribution in [0.3, 0.4) is 0 Å². The fourth-order valence-corrected chi connectivity index (χ4v) is 4.38.